The first-order valence-corrected chi connectivity index (χ1v) is 11.2. The SMILES string of the molecule is NCCCCCCCCOc1ccc(C[C@H](NC(=O)OCc2ccccc2)C(=O)O)cc1. The first kappa shape index (κ1) is 25.2. The predicted octanol–water partition coefficient (Wildman–Crippen LogP) is 4.29. The van der Waals surface area contributed by atoms with Gasteiger partial charge in [-0.3, -0.25) is 0 Å². The minimum Gasteiger partial charge on any atom is -0.494 e. The number of carbonyl (C=O) groups excluding carboxylic acids is 1. The molecule has 0 spiro atoms. The number of hydrogen-bond donors (Lipinski definition) is 3. The number of ether oxygens (including phenoxy) is 2. The fourth-order valence-electron chi connectivity index (χ4n) is 3.21. The third-order valence-electron chi connectivity index (χ3n) is 5.03. The van der Waals surface area contributed by atoms with Crippen LogP contribution in [-0.4, -0.2) is 36.4 Å². The van der Waals surface area contributed by atoms with Crippen LogP contribution in [0, 0.1) is 0 Å². The maximum atomic E-state index is 12.0. The van der Waals surface area contributed by atoms with Gasteiger partial charge < -0.3 is 25.6 Å². The zero-order valence-corrected chi connectivity index (χ0v) is 18.5. The Labute approximate surface area is 189 Å². The molecule has 32 heavy (non-hydrogen) atoms. The molecule has 7 nitrogen and oxygen atoms in total. The van der Waals surface area contributed by atoms with Gasteiger partial charge >= 0.3 is 12.1 Å². The number of aliphatic carboxylic acids is 1. The summed E-state index contributed by atoms with van der Waals surface area (Å²) in [6, 6.07) is 15.4. The zero-order valence-electron chi connectivity index (χ0n) is 18.5. The van der Waals surface area contributed by atoms with Gasteiger partial charge in [0.2, 0.25) is 0 Å². The molecule has 0 bridgehead atoms. The Kier molecular flexibility index (Phi) is 11.7. The van der Waals surface area contributed by atoms with Gasteiger partial charge in [0.15, 0.2) is 0 Å². The number of nitrogens with two attached hydrogens (primary N) is 1. The van der Waals surface area contributed by atoms with E-state index < -0.39 is 18.1 Å². The van der Waals surface area contributed by atoms with Crippen LogP contribution in [0.5, 0.6) is 5.75 Å². The number of carboxylic acid groups (broad SMARTS) is 1. The van der Waals surface area contributed by atoms with Crippen molar-refractivity contribution in [1.29, 1.82) is 0 Å². The van der Waals surface area contributed by atoms with Crippen molar-refractivity contribution in [3.63, 3.8) is 0 Å². The summed E-state index contributed by atoms with van der Waals surface area (Å²) < 4.78 is 10.9. The molecule has 0 aliphatic carbocycles. The highest BCUT2D eigenvalue weighted by molar-refractivity contribution is 5.80. The Morgan fingerprint density at radius 3 is 2.19 bits per heavy atom. The summed E-state index contributed by atoms with van der Waals surface area (Å²) >= 11 is 0. The highest BCUT2D eigenvalue weighted by atomic mass is 16.5. The summed E-state index contributed by atoms with van der Waals surface area (Å²) in [6.45, 7) is 1.50. The molecular formula is C25H34N2O5. The second-order valence-electron chi connectivity index (χ2n) is 7.70. The summed E-state index contributed by atoms with van der Waals surface area (Å²) in [5.74, 6) is -0.368. The topological polar surface area (TPSA) is 111 Å². The summed E-state index contributed by atoms with van der Waals surface area (Å²) in [4.78, 5) is 23.6. The zero-order chi connectivity index (χ0) is 23.0. The van der Waals surface area contributed by atoms with Crippen LogP contribution < -0.4 is 15.8 Å². The molecule has 4 N–H and O–H groups in total. The van der Waals surface area contributed by atoms with Crippen molar-refractivity contribution in [2.45, 2.75) is 57.6 Å². The van der Waals surface area contributed by atoms with E-state index in [0.29, 0.717) is 6.61 Å². The first-order chi connectivity index (χ1) is 15.6. The van der Waals surface area contributed by atoms with Gasteiger partial charge in [-0.05, 0) is 42.6 Å². The maximum Gasteiger partial charge on any atom is 0.408 e. The van der Waals surface area contributed by atoms with Gasteiger partial charge in [-0.25, -0.2) is 9.59 Å². The number of amides is 1. The molecule has 0 saturated heterocycles. The Morgan fingerprint density at radius 1 is 0.875 bits per heavy atom. The van der Waals surface area contributed by atoms with Crippen LogP contribution in [0.1, 0.15) is 49.7 Å². The van der Waals surface area contributed by atoms with Crippen LogP contribution in [0.4, 0.5) is 4.79 Å². The molecule has 7 heteroatoms. The van der Waals surface area contributed by atoms with Crippen LogP contribution in [-0.2, 0) is 22.6 Å². The molecule has 0 aromatic heterocycles. The average Bonchev–Trinajstić information content (AvgIpc) is 2.80. The Hall–Kier alpha value is -3.06. The van der Waals surface area contributed by atoms with E-state index in [4.69, 9.17) is 15.2 Å². The van der Waals surface area contributed by atoms with Crippen molar-refractivity contribution in [3.05, 3.63) is 65.7 Å². The lowest BCUT2D eigenvalue weighted by Gasteiger charge is -2.15. The number of alkyl carbamates (subject to hydrolysis) is 1. The Morgan fingerprint density at radius 2 is 1.53 bits per heavy atom. The number of nitrogens with one attached hydrogen (secondary N) is 1. The number of benzene rings is 2. The van der Waals surface area contributed by atoms with Gasteiger partial charge in [0.05, 0.1) is 6.61 Å². The standard InChI is InChI=1S/C25H34N2O5/c26-16-8-3-1-2-4-9-17-31-22-14-12-20(13-15-22)18-23(24(28)29)27-25(30)32-19-21-10-6-5-7-11-21/h5-7,10-15,23H,1-4,8-9,16-19,26H2,(H,27,30)(H,28,29)/t23-/m0/s1. The molecule has 1 atom stereocenters. The van der Waals surface area contributed by atoms with Crippen molar-refractivity contribution in [2.24, 2.45) is 5.73 Å². The van der Waals surface area contributed by atoms with E-state index in [1.165, 1.54) is 19.3 Å². The van der Waals surface area contributed by atoms with E-state index in [1.807, 2.05) is 54.6 Å². The average molecular weight is 443 g/mol. The van der Waals surface area contributed by atoms with Gasteiger partial charge in [-0.1, -0.05) is 68.1 Å². The third kappa shape index (κ3) is 10.3. The molecule has 0 saturated carbocycles. The highest BCUT2D eigenvalue weighted by Crippen LogP contribution is 2.15. The molecule has 0 heterocycles. The smallest absolute Gasteiger partial charge is 0.408 e. The molecule has 2 aromatic rings. The molecule has 1 amide bonds. The van der Waals surface area contributed by atoms with E-state index in [1.54, 1.807) is 0 Å². The second-order valence-corrected chi connectivity index (χ2v) is 7.70. The predicted molar refractivity (Wildman–Crippen MR) is 124 cm³/mol. The van der Waals surface area contributed by atoms with Crippen molar-refractivity contribution in [3.8, 4) is 5.75 Å². The van der Waals surface area contributed by atoms with Crippen molar-refractivity contribution < 1.29 is 24.2 Å². The molecule has 2 rings (SSSR count). The number of hydrogen-bond acceptors (Lipinski definition) is 5. The second kappa shape index (κ2) is 14.9. The minimum atomic E-state index is -1.12. The maximum absolute atomic E-state index is 12.0. The van der Waals surface area contributed by atoms with Crippen molar-refractivity contribution in [2.75, 3.05) is 13.2 Å². The van der Waals surface area contributed by atoms with E-state index in [0.717, 1.165) is 42.7 Å². The molecule has 174 valence electrons. The summed E-state index contributed by atoms with van der Waals surface area (Å²) in [7, 11) is 0. The quantitative estimate of drug-likeness (QED) is 0.355. The molecule has 0 aliphatic rings. The summed E-state index contributed by atoms with van der Waals surface area (Å²) in [5.41, 5.74) is 7.10. The van der Waals surface area contributed by atoms with Crippen LogP contribution in [0.2, 0.25) is 0 Å². The fraction of sp³-hybridized carbons (Fsp3) is 0.440. The lowest BCUT2D eigenvalue weighted by Crippen LogP contribution is -2.42. The van der Waals surface area contributed by atoms with Crippen LogP contribution >= 0.6 is 0 Å². The summed E-state index contributed by atoms with van der Waals surface area (Å²) in [6.07, 6.45) is 6.22. The van der Waals surface area contributed by atoms with Crippen LogP contribution in [0.15, 0.2) is 54.6 Å². The highest BCUT2D eigenvalue weighted by Gasteiger charge is 2.21. The van der Waals surface area contributed by atoms with E-state index >= 15 is 0 Å². The minimum absolute atomic E-state index is 0.0821. The van der Waals surface area contributed by atoms with Crippen LogP contribution in [0.25, 0.3) is 0 Å². The molecule has 0 aliphatic heterocycles. The Balaban J connectivity index is 1.71. The number of unbranched alkanes of at least 4 members (excludes halogenated alkanes) is 5. The number of rotatable bonds is 15. The number of carbonyl (C=O) groups is 2. The van der Waals surface area contributed by atoms with Gasteiger partial charge in [0.1, 0.15) is 18.4 Å². The van der Waals surface area contributed by atoms with Crippen LogP contribution in [0.3, 0.4) is 0 Å². The third-order valence-corrected chi connectivity index (χ3v) is 5.03. The normalized spacial score (nSPS) is 11.5. The van der Waals surface area contributed by atoms with E-state index in [9.17, 15) is 14.7 Å². The largest absolute Gasteiger partial charge is 0.494 e. The van der Waals surface area contributed by atoms with Crippen molar-refractivity contribution in [1.82, 2.24) is 5.32 Å². The Bertz CT molecular complexity index is 796. The molecule has 0 radical (unpaired) electrons. The monoisotopic (exact) mass is 442 g/mol. The lowest BCUT2D eigenvalue weighted by molar-refractivity contribution is -0.139. The van der Waals surface area contributed by atoms with Gasteiger partial charge in [0, 0.05) is 6.42 Å². The van der Waals surface area contributed by atoms with Gasteiger partial charge in [-0.2, -0.15) is 0 Å². The molecule has 0 fully saturated rings. The number of carboxylic acids is 1. The van der Waals surface area contributed by atoms with Crippen molar-refractivity contribution >= 4 is 12.1 Å². The fourth-order valence-corrected chi connectivity index (χ4v) is 3.21. The molecule has 0 unspecified atom stereocenters. The van der Waals surface area contributed by atoms with Gasteiger partial charge in [0.25, 0.3) is 0 Å². The molecular weight excluding hydrogens is 408 g/mol. The molecule has 2 aromatic carbocycles. The summed E-state index contributed by atoms with van der Waals surface area (Å²) in [5, 5.41) is 11.9. The van der Waals surface area contributed by atoms with E-state index in [2.05, 4.69) is 5.32 Å². The van der Waals surface area contributed by atoms with E-state index in [-0.39, 0.29) is 13.0 Å². The first-order valence-electron chi connectivity index (χ1n) is 11.2. The lowest BCUT2D eigenvalue weighted by atomic mass is 10.1. The van der Waals surface area contributed by atoms with Gasteiger partial charge in [-0.15, -0.1) is 0 Å².